The molecule has 23 nitrogen and oxygen atoms in total. The van der Waals surface area contributed by atoms with Crippen LogP contribution in [-0.4, -0.2) is 244 Å². The second kappa shape index (κ2) is 34.5. The number of ketones is 1. The largest absolute Gasteiger partial charge is 0.422 e. The number of nitrogens with zero attached hydrogens (tertiary/aromatic N) is 9. The molecule has 3 saturated heterocycles. The van der Waals surface area contributed by atoms with Gasteiger partial charge in [-0.15, -0.1) is 0 Å². The summed E-state index contributed by atoms with van der Waals surface area (Å²) >= 11 is 0. The molecule has 0 aromatic heterocycles. The number of benzene rings is 2. The van der Waals surface area contributed by atoms with Gasteiger partial charge >= 0.3 is 6.18 Å². The molecule has 564 valence electrons. The second-order valence-electron chi connectivity index (χ2n) is 29.7. The summed E-state index contributed by atoms with van der Waals surface area (Å²) in [6.45, 7) is 11.6. The molecule has 3 heterocycles. The summed E-state index contributed by atoms with van der Waals surface area (Å²) in [6, 6.07) is -2.23. The molecular formula is C74H106F5N11O12. The highest BCUT2D eigenvalue weighted by Gasteiger charge is 2.52. The Morgan fingerprint density at radius 2 is 1.28 bits per heavy atom. The van der Waals surface area contributed by atoms with Crippen LogP contribution < -0.4 is 10.6 Å². The molecule has 5 fully saturated rings. The zero-order chi connectivity index (χ0) is 75.7. The number of carbonyl (C=O) groups is 12. The smallest absolute Gasteiger partial charge is 0.347 e. The van der Waals surface area contributed by atoms with Crippen LogP contribution in [-0.2, 0) is 76.6 Å². The number of halogens is 5. The van der Waals surface area contributed by atoms with Crippen molar-refractivity contribution in [3.63, 3.8) is 0 Å². The monoisotopic (exact) mass is 1440 g/mol. The van der Waals surface area contributed by atoms with Gasteiger partial charge in [0, 0.05) is 87.7 Å². The Kier molecular flexibility index (Phi) is 27.5. The van der Waals surface area contributed by atoms with Crippen LogP contribution in [0.5, 0.6) is 0 Å². The van der Waals surface area contributed by atoms with E-state index < -0.39 is 192 Å². The van der Waals surface area contributed by atoms with Crippen molar-refractivity contribution in [2.75, 3.05) is 75.5 Å². The van der Waals surface area contributed by atoms with E-state index in [1.807, 2.05) is 46.8 Å². The number of Topliss-reactive ketones (excluding diaryl/α,β-unsaturated/α-hetero) is 1. The van der Waals surface area contributed by atoms with Gasteiger partial charge in [0.15, 0.2) is 5.78 Å². The number of amides is 11. The molecular weight excluding hydrogens is 1330 g/mol. The molecule has 0 radical (unpaired) electrons. The molecule has 1 spiro atoms. The highest BCUT2D eigenvalue weighted by Crippen LogP contribution is 2.39. The molecule has 7 rings (SSSR count). The fourth-order valence-corrected chi connectivity index (χ4v) is 15.4. The quantitative estimate of drug-likeness (QED) is 0.221. The SMILES string of the molecule is CC[C@H](C)[C@@H]1CC(=O)[C@H](CC(C)C)N(C)C(=O)C[C@@H](C(=O)N(C)C)N(C)C(=O)[C@H](C2CCCC2)N(C)C(=O)C2(CCCC2)NC(=O)[C@@H]2CCCN2C(=O)[C@H](CCc2cc(F)c(C(F)(F)F)c(F)c2)NC(=O)CN(C)C(=O)[C@H](Cc2ccc(C)cc2)N(CC)C(=O)[C@@H]2CCN2C(=O)[C@H](C)N(C)C1=O. The third-order valence-corrected chi connectivity index (χ3v) is 22.0. The summed E-state index contributed by atoms with van der Waals surface area (Å²) < 4.78 is 71.5. The van der Waals surface area contributed by atoms with Crippen molar-refractivity contribution in [2.24, 2.45) is 23.7 Å². The van der Waals surface area contributed by atoms with E-state index in [0.29, 0.717) is 62.6 Å². The predicted molar refractivity (Wildman–Crippen MR) is 369 cm³/mol. The Morgan fingerprint density at radius 1 is 0.676 bits per heavy atom. The van der Waals surface area contributed by atoms with Crippen molar-refractivity contribution in [1.82, 2.24) is 54.7 Å². The van der Waals surface area contributed by atoms with Crippen LogP contribution in [0.15, 0.2) is 36.4 Å². The van der Waals surface area contributed by atoms with Crippen LogP contribution in [0.1, 0.15) is 167 Å². The normalized spacial score (nSPS) is 26.4. The van der Waals surface area contributed by atoms with Gasteiger partial charge in [-0.2, -0.15) is 13.2 Å². The van der Waals surface area contributed by atoms with E-state index in [0.717, 1.165) is 10.5 Å². The molecule has 5 aliphatic rings. The highest BCUT2D eigenvalue weighted by atomic mass is 19.4. The average Bonchev–Trinajstić information content (AvgIpc) is 1.31. The molecule has 2 N–H and O–H groups in total. The zero-order valence-corrected chi connectivity index (χ0v) is 61.8. The first-order valence-corrected chi connectivity index (χ1v) is 36.1. The van der Waals surface area contributed by atoms with Crippen molar-refractivity contribution in [3.8, 4) is 0 Å². The minimum Gasteiger partial charge on any atom is -0.347 e. The Labute approximate surface area is 596 Å². The highest BCUT2D eigenvalue weighted by molar-refractivity contribution is 6.01. The van der Waals surface area contributed by atoms with Gasteiger partial charge in [-0.05, 0) is 126 Å². The molecule has 3 aliphatic heterocycles. The van der Waals surface area contributed by atoms with Gasteiger partial charge in [0.2, 0.25) is 65.0 Å². The number of carbonyl (C=O) groups excluding carboxylic acids is 12. The second-order valence-corrected chi connectivity index (χ2v) is 29.7. The zero-order valence-electron chi connectivity index (χ0n) is 61.8. The van der Waals surface area contributed by atoms with Crippen LogP contribution in [0.4, 0.5) is 22.0 Å². The number of likely N-dealkylation sites (N-methyl/N-ethyl adjacent to an activating group) is 7. The van der Waals surface area contributed by atoms with Crippen molar-refractivity contribution in [1.29, 1.82) is 0 Å². The Bertz CT molecular complexity index is 3410. The summed E-state index contributed by atoms with van der Waals surface area (Å²) in [5, 5.41) is 5.62. The van der Waals surface area contributed by atoms with Crippen LogP contribution >= 0.6 is 0 Å². The summed E-state index contributed by atoms with van der Waals surface area (Å²) in [4.78, 5) is 191. The van der Waals surface area contributed by atoms with Crippen LogP contribution in [0.3, 0.4) is 0 Å². The van der Waals surface area contributed by atoms with E-state index in [9.17, 15) is 41.9 Å². The number of fused-ring (bicyclic) bond motifs is 2. The first-order valence-electron chi connectivity index (χ1n) is 36.1. The number of aryl methyl sites for hydroxylation is 2. The van der Waals surface area contributed by atoms with Crippen molar-refractivity contribution in [3.05, 3.63) is 70.3 Å². The van der Waals surface area contributed by atoms with Gasteiger partial charge in [0.05, 0.1) is 19.0 Å². The van der Waals surface area contributed by atoms with Crippen molar-refractivity contribution < 1.29 is 79.5 Å². The molecule has 10 atom stereocenters. The lowest BCUT2D eigenvalue weighted by Gasteiger charge is -2.45. The molecule has 0 bridgehead atoms. The lowest BCUT2D eigenvalue weighted by Crippen LogP contribution is -2.65. The Balaban J connectivity index is 1.31. The van der Waals surface area contributed by atoms with Crippen LogP contribution in [0.2, 0.25) is 0 Å². The van der Waals surface area contributed by atoms with Crippen LogP contribution in [0.25, 0.3) is 0 Å². The number of nitrogens with one attached hydrogen (secondary N) is 2. The van der Waals surface area contributed by atoms with Gasteiger partial charge in [-0.3, -0.25) is 57.5 Å². The first-order chi connectivity index (χ1) is 47.9. The van der Waals surface area contributed by atoms with Crippen LogP contribution in [0, 0.1) is 42.2 Å². The maximum Gasteiger partial charge on any atom is 0.422 e. The Morgan fingerprint density at radius 3 is 1.83 bits per heavy atom. The standard InChI is InChI=1S/C74H106F5N11O12/c1-15-45(6)50-40-59(91)56(36-43(3)4)85(12)61(93)41-57(68(98)82(8)9)86(13)71(101)63(49-22-17-18-23-49)87(14)72(102)73(32-19-20-33-73)81-64(94)54-24-21-34-89(54)67(97)53(30-29-48-37-51(75)62(52(76)38-48)74(77,78)79)80-60(92)42-83(10)69(99)58(39-47-27-25-44(5)26-28-47)88(16-2)70(100)55-31-35-90(55)65(95)46(7)84(11)66(50)96/h25-28,37-38,43,45-46,49-50,53-58,63H,15-24,29-36,39-42H2,1-14H3,(H,80,92)(H,81,94)/t45-,46-,50-,53-,54-,55-,56-,57-,58-,63-/m0/s1. The lowest BCUT2D eigenvalue weighted by molar-refractivity contribution is -0.161. The Hall–Kier alpha value is -8.07. The fraction of sp³-hybridized carbons (Fsp3) is 0.676. The fourth-order valence-electron chi connectivity index (χ4n) is 15.4. The molecule has 11 amide bonds. The molecule has 0 unspecified atom stereocenters. The molecule has 102 heavy (non-hydrogen) atoms. The van der Waals surface area contributed by atoms with Gasteiger partial charge in [0.1, 0.15) is 65.0 Å². The predicted octanol–water partition coefficient (Wildman–Crippen LogP) is 6.33. The van der Waals surface area contributed by atoms with E-state index in [1.165, 1.54) is 95.5 Å². The molecule has 2 saturated carbocycles. The lowest BCUT2D eigenvalue weighted by atomic mass is 9.83. The maximum atomic E-state index is 15.6. The first kappa shape index (κ1) is 81.2. The van der Waals surface area contributed by atoms with Crippen molar-refractivity contribution in [2.45, 2.75) is 224 Å². The van der Waals surface area contributed by atoms with E-state index in [4.69, 9.17) is 0 Å². The van der Waals surface area contributed by atoms with E-state index in [2.05, 4.69) is 10.6 Å². The van der Waals surface area contributed by atoms with E-state index in [1.54, 1.807) is 19.1 Å². The van der Waals surface area contributed by atoms with Gasteiger partial charge in [-0.25, -0.2) is 8.78 Å². The van der Waals surface area contributed by atoms with E-state index >= 15 is 37.5 Å². The number of hydrogen-bond acceptors (Lipinski definition) is 12. The summed E-state index contributed by atoms with van der Waals surface area (Å²) in [6.07, 6.45) is -2.73. The van der Waals surface area contributed by atoms with E-state index in [-0.39, 0.29) is 82.5 Å². The molecule has 2 aliphatic carbocycles. The third kappa shape index (κ3) is 18.5. The topological polar surface area (TPSA) is 258 Å². The summed E-state index contributed by atoms with van der Waals surface area (Å²) in [7, 11) is 9.95. The number of alkyl halides is 3. The maximum absolute atomic E-state index is 15.6. The molecule has 2 aromatic rings. The van der Waals surface area contributed by atoms with Crippen molar-refractivity contribution >= 4 is 70.8 Å². The van der Waals surface area contributed by atoms with Gasteiger partial charge in [-0.1, -0.05) is 89.6 Å². The summed E-state index contributed by atoms with van der Waals surface area (Å²) in [5.74, 6) is -14.0. The third-order valence-electron chi connectivity index (χ3n) is 22.0. The molecule has 28 heteroatoms. The number of rotatable bonds is 12. The average molecular weight is 1440 g/mol. The van der Waals surface area contributed by atoms with Gasteiger partial charge < -0.3 is 54.7 Å². The minimum atomic E-state index is -5.40. The summed E-state index contributed by atoms with van der Waals surface area (Å²) in [5.41, 5.74) is -2.56. The van der Waals surface area contributed by atoms with Gasteiger partial charge in [0.25, 0.3) is 0 Å². The minimum absolute atomic E-state index is 0.0522. The number of hydrogen-bond donors (Lipinski definition) is 2. The molecule has 2 aromatic carbocycles.